The van der Waals surface area contributed by atoms with Crippen molar-refractivity contribution in [1.82, 2.24) is 9.97 Å². The lowest BCUT2D eigenvalue weighted by Crippen LogP contribution is -2.11. The maximum absolute atomic E-state index is 5.48. The van der Waals surface area contributed by atoms with Gasteiger partial charge >= 0.3 is 0 Å². The average molecular weight is 238 g/mol. The third-order valence-corrected chi connectivity index (χ3v) is 3.34. The van der Waals surface area contributed by atoms with Gasteiger partial charge in [-0.1, -0.05) is 6.92 Å². The quantitative estimate of drug-likeness (QED) is 0.629. The van der Waals surface area contributed by atoms with Gasteiger partial charge in [-0.3, -0.25) is 5.43 Å². The summed E-state index contributed by atoms with van der Waals surface area (Å²) in [6.45, 7) is 4.62. The summed E-state index contributed by atoms with van der Waals surface area (Å²) in [7, 11) is 0. The van der Waals surface area contributed by atoms with Crippen molar-refractivity contribution in [3.63, 3.8) is 0 Å². The van der Waals surface area contributed by atoms with Crippen LogP contribution in [0.25, 0.3) is 10.2 Å². The first kappa shape index (κ1) is 11.1. The molecule has 0 radical (unpaired) electrons. The molecule has 0 bridgehead atoms. The van der Waals surface area contributed by atoms with Gasteiger partial charge in [0.05, 0.1) is 12.0 Å². The number of aromatic nitrogens is 2. The topological polar surface area (TPSA) is 73.1 Å². The molecule has 2 heterocycles. The van der Waals surface area contributed by atoms with Gasteiger partial charge in [-0.25, -0.2) is 10.8 Å². The number of aryl methyl sites for hydroxylation is 1. The van der Waals surface area contributed by atoms with Gasteiger partial charge in [0.1, 0.15) is 4.83 Å². The molecular weight excluding hydrogens is 224 g/mol. The number of rotatable bonds is 4. The summed E-state index contributed by atoms with van der Waals surface area (Å²) >= 11 is 1.64. The fourth-order valence-electron chi connectivity index (χ4n) is 1.43. The molecule has 0 atom stereocenters. The highest BCUT2D eigenvalue weighted by molar-refractivity contribution is 7.18. The van der Waals surface area contributed by atoms with Crippen molar-refractivity contribution in [2.24, 2.45) is 5.84 Å². The molecule has 0 spiro atoms. The first-order chi connectivity index (χ1) is 7.78. The van der Waals surface area contributed by atoms with Crippen LogP contribution in [0.3, 0.4) is 0 Å². The van der Waals surface area contributed by atoms with Crippen molar-refractivity contribution in [2.45, 2.75) is 20.3 Å². The summed E-state index contributed by atoms with van der Waals surface area (Å²) in [5, 5.41) is 0.961. The molecule has 16 heavy (non-hydrogen) atoms. The van der Waals surface area contributed by atoms with Gasteiger partial charge in [-0.2, -0.15) is 4.98 Å². The lowest BCUT2D eigenvalue weighted by molar-refractivity contribution is 0.331. The molecule has 3 N–H and O–H groups in total. The number of hydrogen-bond donors (Lipinski definition) is 2. The predicted octanol–water partition coefficient (Wildman–Crippen LogP) is 1.94. The molecule has 0 aliphatic carbocycles. The predicted molar refractivity (Wildman–Crippen MR) is 65.8 cm³/mol. The molecule has 2 aromatic rings. The van der Waals surface area contributed by atoms with Crippen LogP contribution in [0.1, 0.15) is 18.7 Å². The highest BCUT2D eigenvalue weighted by Crippen LogP contribution is 2.31. The number of ether oxygens (including phenoxy) is 1. The molecule has 5 nitrogen and oxygen atoms in total. The summed E-state index contributed by atoms with van der Waals surface area (Å²) < 4.78 is 5.48. The summed E-state index contributed by atoms with van der Waals surface area (Å²) in [5.74, 6) is 6.30. The molecule has 0 fully saturated rings. The lowest BCUT2D eigenvalue weighted by atomic mass is 10.3. The van der Waals surface area contributed by atoms with E-state index in [1.165, 1.54) is 4.88 Å². The minimum atomic E-state index is 0.389. The lowest BCUT2D eigenvalue weighted by Gasteiger charge is -2.04. The van der Waals surface area contributed by atoms with E-state index in [4.69, 9.17) is 10.6 Å². The van der Waals surface area contributed by atoms with Crippen molar-refractivity contribution >= 4 is 27.5 Å². The van der Waals surface area contributed by atoms with Crippen molar-refractivity contribution < 1.29 is 4.74 Å². The van der Waals surface area contributed by atoms with Gasteiger partial charge in [-0.15, -0.1) is 11.3 Å². The molecule has 0 aliphatic rings. The second-order valence-electron chi connectivity index (χ2n) is 3.21. The van der Waals surface area contributed by atoms with E-state index in [1.807, 2.05) is 6.92 Å². The number of nitrogens with two attached hydrogens (primary N) is 1. The fourth-order valence-corrected chi connectivity index (χ4v) is 2.39. The highest BCUT2D eigenvalue weighted by atomic mass is 32.1. The normalized spacial score (nSPS) is 10.7. The summed E-state index contributed by atoms with van der Waals surface area (Å²) in [6, 6.07) is 2.07. The van der Waals surface area contributed by atoms with Gasteiger partial charge in [0.2, 0.25) is 11.8 Å². The van der Waals surface area contributed by atoms with Crippen LogP contribution in [0.5, 0.6) is 5.88 Å². The Labute approximate surface area is 97.6 Å². The Bertz CT molecular complexity index is 497. The van der Waals surface area contributed by atoms with Gasteiger partial charge in [0, 0.05) is 4.88 Å². The molecule has 0 saturated heterocycles. The first-order valence-corrected chi connectivity index (χ1v) is 6.00. The Morgan fingerprint density at radius 1 is 1.44 bits per heavy atom. The van der Waals surface area contributed by atoms with E-state index in [2.05, 4.69) is 28.4 Å². The van der Waals surface area contributed by atoms with E-state index in [9.17, 15) is 0 Å². The minimum Gasteiger partial charge on any atom is -0.477 e. The molecule has 0 saturated carbocycles. The zero-order chi connectivity index (χ0) is 11.5. The molecule has 0 amide bonds. The third kappa shape index (κ3) is 1.94. The van der Waals surface area contributed by atoms with Gasteiger partial charge in [0.25, 0.3) is 0 Å². The number of hydrazine groups is 1. The second-order valence-corrected chi connectivity index (χ2v) is 4.33. The minimum absolute atomic E-state index is 0.389. The van der Waals surface area contributed by atoms with Crippen molar-refractivity contribution in [3.05, 3.63) is 10.9 Å². The van der Waals surface area contributed by atoms with E-state index >= 15 is 0 Å². The zero-order valence-corrected chi connectivity index (χ0v) is 10.1. The summed E-state index contributed by atoms with van der Waals surface area (Å²) in [6.07, 6.45) is 0.984. The van der Waals surface area contributed by atoms with E-state index < -0.39 is 0 Å². The molecule has 0 unspecified atom stereocenters. The number of anilines is 1. The molecular formula is C10H14N4OS. The Morgan fingerprint density at radius 2 is 2.25 bits per heavy atom. The molecule has 86 valence electrons. The summed E-state index contributed by atoms with van der Waals surface area (Å²) in [4.78, 5) is 10.7. The Morgan fingerprint density at radius 3 is 2.88 bits per heavy atom. The van der Waals surface area contributed by atoms with E-state index in [1.54, 1.807) is 11.3 Å². The maximum atomic E-state index is 5.48. The Kier molecular flexibility index (Phi) is 3.21. The standard InChI is InChI=1S/C10H14N4OS/c1-3-6-5-7-8(15-4-2)12-10(14-11)13-9(7)16-6/h5H,3-4,11H2,1-2H3,(H,12,13,14). The highest BCUT2D eigenvalue weighted by Gasteiger charge is 2.11. The zero-order valence-electron chi connectivity index (χ0n) is 9.28. The van der Waals surface area contributed by atoms with Gasteiger partial charge in [-0.05, 0) is 19.4 Å². The van der Waals surface area contributed by atoms with Crippen LogP contribution < -0.4 is 16.0 Å². The van der Waals surface area contributed by atoms with Crippen LogP contribution >= 0.6 is 11.3 Å². The van der Waals surface area contributed by atoms with Crippen molar-refractivity contribution in [2.75, 3.05) is 12.0 Å². The van der Waals surface area contributed by atoms with E-state index in [0.29, 0.717) is 18.4 Å². The second kappa shape index (κ2) is 4.63. The van der Waals surface area contributed by atoms with Crippen LogP contribution in [0, 0.1) is 0 Å². The molecule has 0 aliphatic heterocycles. The van der Waals surface area contributed by atoms with Crippen LogP contribution in [0.4, 0.5) is 5.95 Å². The third-order valence-electron chi connectivity index (χ3n) is 2.17. The monoisotopic (exact) mass is 238 g/mol. The first-order valence-electron chi connectivity index (χ1n) is 5.18. The van der Waals surface area contributed by atoms with Gasteiger partial charge in [0.15, 0.2) is 0 Å². The van der Waals surface area contributed by atoms with Crippen molar-refractivity contribution in [1.29, 1.82) is 0 Å². The SMILES string of the molecule is CCOc1nc(NN)nc2sc(CC)cc12. The van der Waals surface area contributed by atoms with Crippen LogP contribution in [-0.4, -0.2) is 16.6 Å². The van der Waals surface area contributed by atoms with Crippen molar-refractivity contribution in [3.8, 4) is 5.88 Å². The Balaban J connectivity index is 2.59. The van der Waals surface area contributed by atoms with Crippen LogP contribution in [0.15, 0.2) is 6.07 Å². The molecule has 2 aromatic heterocycles. The van der Waals surface area contributed by atoms with Gasteiger partial charge < -0.3 is 4.74 Å². The average Bonchev–Trinajstić information content (AvgIpc) is 2.72. The largest absolute Gasteiger partial charge is 0.477 e. The maximum Gasteiger partial charge on any atom is 0.241 e. The molecule has 0 aromatic carbocycles. The van der Waals surface area contributed by atoms with E-state index in [-0.39, 0.29) is 0 Å². The van der Waals surface area contributed by atoms with Crippen LogP contribution in [0.2, 0.25) is 0 Å². The molecule has 6 heteroatoms. The number of nitrogen functional groups attached to an aromatic ring is 1. The van der Waals surface area contributed by atoms with E-state index in [0.717, 1.165) is 16.6 Å². The number of thiophene rings is 1. The Hall–Kier alpha value is -1.40. The number of nitrogens with one attached hydrogen (secondary N) is 1. The smallest absolute Gasteiger partial charge is 0.241 e. The fraction of sp³-hybridized carbons (Fsp3) is 0.400. The number of hydrogen-bond acceptors (Lipinski definition) is 6. The molecule has 2 rings (SSSR count). The summed E-state index contributed by atoms with van der Waals surface area (Å²) in [5.41, 5.74) is 2.45. The number of nitrogens with zero attached hydrogens (tertiary/aromatic N) is 2. The number of fused-ring (bicyclic) bond motifs is 1. The van der Waals surface area contributed by atoms with Crippen LogP contribution in [-0.2, 0) is 6.42 Å².